The van der Waals surface area contributed by atoms with Crippen LogP contribution in [0.5, 0.6) is 0 Å². The van der Waals surface area contributed by atoms with Crippen LogP contribution in [0, 0.1) is 11.6 Å². The number of anilines is 2. The number of aromatic nitrogens is 2. The van der Waals surface area contributed by atoms with Gasteiger partial charge >= 0.3 is 5.97 Å². The Morgan fingerprint density at radius 1 is 0.968 bits per heavy atom. The lowest BCUT2D eigenvalue weighted by atomic mass is 10.1. The lowest BCUT2D eigenvalue weighted by Gasteiger charge is -2.21. The zero-order chi connectivity index (χ0) is 22.8. The quantitative estimate of drug-likeness (QED) is 0.592. The molecule has 0 aliphatic heterocycles. The summed E-state index contributed by atoms with van der Waals surface area (Å²) in [7, 11) is 0. The molecule has 0 saturated heterocycles. The smallest absolute Gasteiger partial charge is 0.340 e. The molecule has 0 unspecified atom stereocenters. The Hall–Kier alpha value is -3.88. The molecule has 0 saturated carbocycles. The average molecular weight is 426 g/mol. The van der Waals surface area contributed by atoms with E-state index in [1.54, 1.807) is 39.0 Å². The third-order valence-electron chi connectivity index (χ3n) is 4.06. The first-order chi connectivity index (χ1) is 14.6. The largest absolute Gasteiger partial charge is 0.456 e. The van der Waals surface area contributed by atoms with Crippen LogP contribution in [0.25, 0.3) is 11.3 Å². The molecule has 2 aromatic carbocycles. The van der Waals surface area contributed by atoms with Gasteiger partial charge in [0, 0.05) is 0 Å². The van der Waals surface area contributed by atoms with Gasteiger partial charge in [-0.3, -0.25) is 4.79 Å². The lowest BCUT2D eigenvalue weighted by molar-refractivity contribution is 0.00706. The van der Waals surface area contributed by atoms with E-state index in [0.29, 0.717) is 0 Å². The van der Waals surface area contributed by atoms with Gasteiger partial charge in [-0.25, -0.2) is 13.6 Å². The van der Waals surface area contributed by atoms with Gasteiger partial charge in [-0.15, -0.1) is 10.2 Å². The van der Waals surface area contributed by atoms with E-state index in [9.17, 15) is 18.4 Å². The van der Waals surface area contributed by atoms with Crippen molar-refractivity contribution in [3.63, 3.8) is 0 Å². The highest BCUT2D eigenvalue weighted by atomic mass is 19.1. The molecule has 3 N–H and O–H groups in total. The van der Waals surface area contributed by atoms with Gasteiger partial charge in [0.15, 0.2) is 5.69 Å². The number of esters is 1. The van der Waals surface area contributed by atoms with Crippen LogP contribution < -0.4 is 11.1 Å². The Morgan fingerprint density at radius 3 is 2.23 bits per heavy atom. The van der Waals surface area contributed by atoms with Crippen molar-refractivity contribution in [2.45, 2.75) is 26.4 Å². The predicted molar refractivity (Wildman–Crippen MR) is 111 cm³/mol. The maximum Gasteiger partial charge on any atom is 0.340 e. The van der Waals surface area contributed by atoms with Crippen LogP contribution in [0.4, 0.5) is 20.2 Å². The summed E-state index contributed by atoms with van der Waals surface area (Å²) in [5, 5.41) is 10.4. The summed E-state index contributed by atoms with van der Waals surface area (Å²) < 4.78 is 33.8. The fourth-order valence-electron chi connectivity index (χ4n) is 2.78. The molecule has 0 bridgehead atoms. The minimum Gasteiger partial charge on any atom is -0.456 e. The van der Waals surface area contributed by atoms with Crippen molar-refractivity contribution < 1.29 is 23.1 Å². The molecule has 0 fully saturated rings. The number of nitrogens with two attached hydrogens (primary N) is 1. The van der Waals surface area contributed by atoms with Crippen LogP contribution in [0.15, 0.2) is 48.5 Å². The van der Waals surface area contributed by atoms with Gasteiger partial charge in [0.2, 0.25) is 0 Å². The normalized spacial score (nSPS) is 11.1. The van der Waals surface area contributed by atoms with E-state index in [4.69, 9.17) is 10.5 Å². The van der Waals surface area contributed by atoms with Gasteiger partial charge in [0.25, 0.3) is 5.91 Å². The zero-order valence-electron chi connectivity index (χ0n) is 17.1. The number of halogens is 2. The molecule has 7 nitrogen and oxygen atoms in total. The van der Waals surface area contributed by atoms with Crippen molar-refractivity contribution >= 4 is 23.3 Å². The molecule has 9 heteroatoms. The van der Waals surface area contributed by atoms with Gasteiger partial charge in [0.05, 0.1) is 22.5 Å². The van der Waals surface area contributed by atoms with Gasteiger partial charge in [0.1, 0.15) is 22.9 Å². The van der Waals surface area contributed by atoms with Gasteiger partial charge < -0.3 is 15.8 Å². The topological polar surface area (TPSA) is 107 Å². The van der Waals surface area contributed by atoms with E-state index in [1.165, 1.54) is 18.2 Å². The SMILES string of the molecule is CC(C)(C)OC(=O)c1ccccc1Nc1cc(-c2c(F)cccc2F)nnc1C(N)=O. The first kappa shape index (κ1) is 21.8. The number of hydrogen-bond donors (Lipinski definition) is 2. The number of para-hydroxylation sites is 1. The summed E-state index contributed by atoms with van der Waals surface area (Å²) in [5.41, 5.74) is 4.32. The summed E-state index contributed by atoms with van der Waals surface area (Å²) in [4.78, 5) is 24.4. The number of amides is 1. The molecule has 0 aliphatic rings. The Labute approximate surface area is 177 Å². The van der Waals surface area contributed by atoms with Crippen LogP contribution in [0.2, 0.25) is 0 Å². The fourth-order valence-corrected chi connectivity index (χ4v) is 2.78. The van der Waals surface area contributed by atoms with Gasteiger partial charge in [-0.05, 0) is 51.1 Å². The third kappa shape index (κ3) is 5.00. The average Bonchev–Trinajstić information content (AvgIpc) is 2.67. The molecule has 160 valence electrons. The van der Waals surface area contributed by atoms with E-state index >= 15 is 0 Å². The molecule has 1 aromatic heterocycles. The van der Waals surface area contributed by atoms with Crippen molar-refractivity contribution in [2.24, 2.45) is 5.73 Å². The molecule has 3 aromatic rings. The summed E-state index contributed by atoms with van der Waals surface area (Å²) in [5.74, 6) is -3.20. The lowest BCUT2D eigenvalue weighted by Crippen LogP contribution is -2.24. The summed E-state index contributed by atoms with van der Waals surface area (Å²) in [6, 6.07) is 11.0. The molecule has 0 spiro atoms. The number of nitrogens with zero attached hydrogens (tertiary/aromatic N) is 2. The Kier molecular flexibility index (Phi) is 5.96. The van der Waals surface area contributed by atoms with Crippen molar-refractivity contribution in [2.75, 3.05) is 5.32 Å². The van der Waals surface area contributed by atoms with Gasteiger partial charge in [-0.2, -0.15) is 0 Å². The molecule has 1 amide bonds. The second kappa shape index (κ2) is 8.47. The number of rotatable bonds is 5. The molecular formula is C22H20F2N4O3. The number of ether oxygens (including phenoxy) is 1. The number of carbonyl (C=O) groups is 2. The van der Waals surface area contributed by atoms with Gasteiger partial charge in [-0.1, -0.05) is 18.2 Å². The summed E-state index contributed by atoms with van der Waals surface area (Å²) >= 11 is 0. The Morgan fingerprint density at radius 2 is 1.61 bits per heavy atom. The first-order valence-electron chi connectivity index (χ1n) is 9.28. The summed E-state index contributed by atoms with van der Waals surface area (Å²) in [6.07, 6.45) is 0. The number of carbonyl (C=O) groups excluding carboxylic acids is 2. The first-order valence-corrected chi connectivity index (χ1v) is 9.28. The number of nitrogens with one attached hydrogen (secondary N) is 1. The van der Waals surface area contributed by atoms with E-state index in [-0.39, 0.29) is 28.3 Å². The Balaban J connectivity index is 2.08. The second-order valence-electron chi connectivity index (χ2n) is 7.63. The molecule has 3 rings (SSSR count). The molecule has 0 aliphatic carbocycles. The highest BCUT2D eigenvalue weighted by molar-refractivity contribution is 6.00. The number of primary amides is 1. The predicted octanol–water partition coefficient (Wildman–Crippen LogP) is 4.22. The van der Waals surface area contributed by atoms with E-state index in [0.717, 1.165) is 12.1 Å². The van der Waals surface area contributed by atoms with Crippen molar-refractivity contribution in [3.8, 4) is 11.3 Å². The highest BCUT2D eigenvalue weighted by Gasteiger charge is 2.22. The number of benzene rings is 2. The van der Waals surface area contributed by atoms with Crippen molar-refractivity contribution in [3.05, 3.63) is 71.4 Å². The maximum absolute atomic E-state index is 14.2. The molecule has 31 heavy (non-hydrogen) atoms. The number of hydrogen-bond acceptors (Lipinski definition) is 6. The summed E-state index contributed by atoms with van der Waals surface area (Å²) in [6.45, 7) is 5.19. The third-order valence-corrected chi connectivity index (χ3v) is 4.06. The molecule has 0 radical (unpaired) electrons. The van der Waals surface area contributed by atoms with E-state index < -0.39 is 34.7 Å². The van der Waals surface area contributed by atoms with Crippen molar-refractivity contribution in [1.29, 1.82) is 0 Å². The monoisotopic (exact) mass is 426 g/mol. The van der Waals surface area contributed by atoms with Crippen LogP contribution in [-0.2, 0) is 4.74 Å². The van der Waals surface area contributed by atoms with E-state index in [2.05, 4.69) is 15.5 Å². The maximum atomic E-state index is 14.2. The van der Waals surface area contributed by atoms with Crippen LogP contribution in [0.3, 0.4) is 0 Å². The molecule has 0 atom stereocenters. The Bertz CT molecular complexity index is 1140. The van der Waals surface area contributed by atoms with Crippen molar-refractivity contribution in [1.82, 2.24) is 10.2 Å². The minimum absolute atomic E-state index is 0.0242. The van der Waals surface area contributed by atoms with Crippen LogP contribution in [0.1, 0.15) is 41.6 Å². The second-order valence-corrected chi connectivity index (χ2v) is 7.63. The molecule has 1 heterocycles. The standard InChI is InChI=1S/C22H20F2N4O3/c1-22(2,3)31-21(30)12-7-4-5-10-15(12)26-17-11-16(27-28-19(17)20(25)29)18-13(23)8-6-9-14(18)24/h4-11H,1-3H3,(H2,25,29)(H,26,27). The zero-order valence-corrected chi connectivity index (χ0v) is 17.1. The van der Waals surface area contributed by atoms with E-state index in [1.807, 2.05) is 0 Å². The minimum atomic E-state index is -0.912. The van der Waals surface area contributed by atoms with Crippen LogP contribution in [-0.4, -0.2) is 27.7 Å². The highest BCUT2D eigenvalue weighted by Crippen LogP contribution is 2.30. The fraction of sp³-hybridized carbons (Fsp3) is 0.182. The van der Waals surface area contributed by atoms with Crippen LogP contribution >= 0.6 is 0 Å². The molecular weight excluding hydrogens is 406 g/mol.